The standard InChI is InChI=1S/C24H26N2O2S/c1-4-27-20-11-9-19(10-12-20)25-24-26(14-13-17(2)3)21(16-29-24)23-15-18-7-5-6-8-22(18)28-23/h5-12,15-17H,4,13-14H2,1-3H3. The van der Waals surface area contributed by atoms with E-state index in [-0.39, 0.29) is 0 Å². The monoisotopic (exact) mass is 406 g/mol. The SMILES string of the molecule is CCOc1ccc(N=c2scc(-c3cc4ccccc4o3)n2CCC(C)C)cc1. The summed E-state index contributed by atoms with van der Waals surface area (Å²) in [6.07, 6.45) is 1.08. The summed E-state index contributed by atoms with van der Waals surface area (Å²) in [6.45, 7) is 8.05. The molecule has 0 aliphatic heterocycles. The quantitative estimate of drug-likeness (QED) is 0.345. The molecule has 0 atom stereocenters. The van der Waals surface area contributed by atoms with Crippen LogP contribution in [0.15, 0.2) is 69.4 Å². The number of thiazole rings is 1. The third kappa shape index (κ3) is 4.46. The van der Waals surface area contributed by atoms with E-state index >= 15 is 0 Å². The Morgan fingerprint density at radius 3 is 2.62 bits per heavy atom. The number of para-hydroxylation sites is 1. The molecule has 0 amide bonds. The number of ether oxygens (including phenoxy) is 1. The molecule has 150 valence electrons. The molecule has 0 bridgehead atoms. The summed E-state index contributed by atoms with van der Waals surface area (Å²) in [4.78, 5) is 5.88. The Hall–Kier alpha value is -2.79. The van der Waals surface area contributed by atoms with Gasteiger partial charge in [0.25, 0.3) is 0 Å². The van der Waals surface area contributed by atoms with E-state index in [9.17, 15) is 0 Å². The molecule has 0 spiro atoms. The van der Waals surface area contributed by atoms with Crippen molar-refractivity contribution in [2.24, 2.45) is 10.9 Å². The Balaban J connectivity index is 1.75. The predicted octanol–water partition coefficient (Wildman–Crippen LogP) is 6.64. The zero-order valence-corrected chi connectivity index (χ0v) is 17.9. The first-order valence-electron chi connectivity index (χ1n) is 10.1. The summed E-state index contributed by atoms with van der Waals surface area (Å²) >= 11 is 1.65. The third-order valence-corrected chi connectivity index (χ3v) is 5.64. The molecule has 4 rings (SSSR count). The maximum Gasteiger partial charge on any atom is 0.190 e. The Kier molecular flexibility index (Phi) is 5.86. The van der Waals surface area contributed by atoms with Crippen LogP contribution in [-0.4, -0.2) is 11.2 Å². The third-order valence-electron chi connectivity index (χ3n) is 4.78. The van der Waals surface area contributed by atoms with Crippen molar-refractivity contribution in [1.82, 2.24) is 4.57 Å². The van der Waals surface area contributed by atoms with Gasteiger partial charge >= 0.3 is 0 Å². The molecular weight excluding hydrogens is 380 g/mol. The van der Waals surface area contributed by atoms with Gasteiger partial charge in [0.2, 0.25) is 0 Å². The van der Waals surface area contributed by atoms with Crippen LogP contribution in [0.4, 0.5) is 5.69 Å². The van der Waals surface area contributed by atoms with Crippen LogP contribution in [0.1, 0.15) is 27.2 Å². The zero-order valence-electron chi connectivity index (χ0n) is 17.1. The average Bonchev–Trinajstić information content (AvgIpc) is 3.31. The highest BCUT2D eigenvalue weighted by atomic mass is 32.1. The summed E-state index contributed by atoms with van der Waals surface area (Å²) in [5, 5.41) is 3.26. The summed E-state index contributed by atoms with van der Waals surface area (Å²) in [5.41, 5.74) is 2.91. The van der Waals surface area contributed by atoms with Crippen molar-refractivity contribution in [2.75, 3.05) is 6.61 Å². The molecule has 2 heterocycles. The van der Waals surface area contributed by atoms with Gasteiger partial charge in [0.1, 0.15) is 11.3 Å². The largest absolute Gasteiger partial charge is 0.494 e. The molecule has 0 N–H and O–H groups in total. The summed E-state index contributed by atoms with van der Waals surface area (Å²) in [6, 6.07) is 18.2. The highest BCUT2D eigenvalue weighted by molar-refractivity contribution is 7.07. The van der Waals surface area contributed by atoms with Gasteiger partial charge in [-0.05, 0) is 55.7 Å². The lowest BCUT2D eigenvalue weighted by atomic mass is 10.1. The van der Waals surface area contributed by atoms with Gasteiger partial charge < -0.3 is 13.7 Å². The molecule has 4 nitrogen and oxygen atoms in total. The molecule has 0 aliphatic carbocycles. The molecule has 0 radical (unpaired) electrons. The van der Waals surface area contributed by atoms with Crippen LogP contribution in [0.5, 0.6) is 5.75 Å². The molecular formula is C24H26N2O2S. The molecule has 5 heteroatoms. The lowest BCUT2D eigenvalue weighted by molar-refractivity contribution is 0.340. The summed E-state index contributed by atoms with van der Waals surface area (Å²) in [5.74, 6) is 2.37. The minimum atomic E-state index is 0.615. The summed E-state index contributed by atoms with van der Waals surface area (Å²) in [7, 11) is 0. The second-order valence-corrected chi connectivity index (χ2v) is 8.26. The number of nitrogens with zero attached hydrogens (tertiary/aromatic N) is 2. The highest BCUT2D eigenvalue weighted by Crippen LogP contribution is 2.29. The van der Waals surface area contributed by atoms with E-state index in [4.69, 9.17) is 14.1 Å². The van der Waals surface area contributed by atoms with Gasteiger partial charge in [-0.3, -0.25) is 0 Å². The predicted molar refractivity (Wildman–Crippen MR) is 120 cm³/mol. The first-order valence-corrected chi connectivity index (χ1v) is 11.0. The number of rotatable bonds is 7. The van der Waals surface area contributed by atoms with Crippen molar-refractivity contribution >= 4 is 28.0 Å². The van der Waals surface area contributed by atoms with Gasteiger partial charge in [-0.1, -0.05) is 32.0 Å². The summed E-state index contributed by atoms with van der Waals surface area (Å²) < 4.78 is 13.9. The molecule has 0 unspecified atom stereocenters. The van der Waals surface area contributed by atoms with Crippen molar-refractivity contribution in [2.45, 2.75) is 33.7 Å². The fourth-order valence-corrected chi connectivity index (χ4v) is 4.16. The van der Waals surface area contributed by atoms with Gasteiger partial charge in [0.05, 0.1) is 18.0 Å². The molecule has 4 aromatic rings. The fraction of sp³-hybridized carbons (Fsp3) is 0.292. The van der Waals surface area contributed by atoms with Crippen LogP contribution in [0.25, 0.3) is 22.4 Å². The zero-order chi connectivity index (χ0) is 20.2. The molecule has 0 saturated carbocycles. The topological polar surface area (TPSA) is 39.7 Å². The van der Waals surface area contributed by atoms with E-state index in [1.165, 1.54) is 0 Å². The molecule has 29 heavy (non-hydrogen) atoms. The van der Waals surface area contributed by atoms with Crippen LogP contribution >= 0.6 is 11.3 Å². The van der Waals surface area contributed by atoms with Crippen LogP contribution in [0, 0.1) is 5.92 Å². The number of furan rings is 1. The second-order valence-electron chi connectivity index (χ2n) is 7.42. The van der Waals surface area contributed by atoms with Crippen LogP contribution in [0.3, 0.4) is 0 Å². The molecule has 0 aliphatic rings. The Morgan fingerprint density at radius 1 is 1.10 bits per heavy atom. The second kappa shape index (κ2) is 8.70. The maximum absolute atomic E-state index is 6.14. The van der Waals surface area contributed by atoms with Gasteiger partial charge in [-0.15, -0.1) is 11.3 Å². The van der Waals surface area contributed by atoms with E-state index in [1.54, 1.807) is 11.3 Å². The first-order chi connectivity index (χ1) is 14.1. The van der Waals surface area contributed by atoms with E-state index in [0.717, 1.165) is 51.6 Å². The minimum Gasteiger partial charge on any atom is -0.494 e. The van der Waals surface area contributed by atoms with Crippen LogP contribution < -0.4 is 9.54 Å². The highest BCUT2D eigenvalue weighted by Gasteiger charge is 2.13. The lowest BCUT2D eigenvalue weighted by Gasteiger charge is -2.09. The number of aromatic nitrogens is 1. The van der Waals surface area contributed by atoms with Crippen molar-refractivity contribution in [3.8, 4) is 17.2 Å². The Labute approximate surface area is 175 Å². The minimum absolute atomic E-state index is 0.615. The van der Waals surface area contributed by atoms with E-state index in [0.29, 0.717) is 12.5 Å². The van der Waals surface area contributed by atoms with Gasteiger partial charge in [0, 0.05) is 17.3 Å². The van der Waals surface area contributed by atoms with Crippen molar-refractivity contribution in [3.05, 3.63) is 64.8 Å². The number of hydrogen-bond donors (Lipinski definition) is 0. The van der Waals surface area contributed by atoms with Gasteiger partial charge in [-0.2, -0.15) is 0 Å². The van der Waals surface area contributed by atoms with E-state index in [2.05, 4.69) is 35.9 Å². The Bertz CT molecular complexity index is 1120. The van der Waals surface area contributed by atoms with Crippen molar-refractivity contribution in [1.29, 1.82) is 0 Å². The molecule has 0 saturated heterocycles. The van der Waals surface area contributed by atoms with Gasteiger partial charge in [0.15, 0.2) is 10.6 Å². The fourth-order valence-electron chi connectivity index (χ4n) is 3.22. The van der Waals surface area contributed by atoms with Crippen molar-refractivity contribution in [3.63, 3.8) is 0 Å². The molecule has 2 aromatic carbocycles. The molecule has 2 aromatic heterocycles. The number of fused-ring (bicyclic) bond motifs is 1. The Morgan fingerprint density at radius 2 is 1.90 bits per heavy atom. The number of hydrogen-bond acceptors (Lipinski definition) is 4. The van der Waals surface area contributed by atoms with Crippen LogP contribution in [-0.2, 0) is 6.54 Å². The van der Waals surface area contributed by atoms with Crippen LogP contribution in [0.2, 0.25) is 0 Å². The number of benzene rings is 2. The van der Waals surface area contributed by atoms with E-state index < -0.39 is 0 Å². The first kappa shape index (κ1) is 19.5. The van der Waals surface area contributed by atoms with E-state index in [1.807, 2.05) is 49.4 Å². The normalized spacial score (nSPS) is 12.2. The molecule has 0 fully saturated rings. The average molecular weight is 407 g/mol. The lowest BCUT2D eigenvalue weighted by Crippen LogP contribution is -2.17. The smallest absolute Gasteiger partial charge is 0.190 e. The van der Waals surface area contributed by atoms with Crippen molar-refractivity contribution < 1.29 is 9.15 Å². The maximum atomic E-state index is 6.14. The van der Waals surface area contributed by atoms with Gasteiger partial charge in [-0.25, -0.2) is 4.99 Å².